The number of hydrogen-bond donors (Lipinski definition) is 1. The van der Waals surface area contributed by atoms with Crippen molar-refractivity contribution in [2.24, 2.45) is 5.92 Å². The number of benzene rings is 1. The lowest BCUT2D eigenvalue weighted by Crippen LogP contribution is -2.36. The average Bonchev–Trinajstić information content (AvgIpc) is 2.56. The Morgan fingerprint density at radius 1 is 1.29 bits per heavy atom. The maximum atomic E-state index is 12.5. The number of halogens is 1. The number of carbonyl (C=O) groups is 1. The van der Waals surface area contributed by atoms with Gasteiger partial charge < -0.3 is 10.2 Å². The lowest BCUT2D eigenvalue weighted by molar-refractivity contribution is 0.102. The molecule has 24 heavy (non-hydrogen) atoms. The first-order valence-electron chi connectivity index (χ1n) is 8.19. The second kappa shape index (κ2) is 7.18. The van der Waals surface area contributed by atoms with Gasteiger partial charge in [0.25, 0.3) is 5.91 Å². The van der Waals surface area contributed by atoms with Crippen molar-refractivity contribution in [2.45, 2.75) is 26.7 Å². The Bertz CT molecular complexity index is 732. The zero-order valence-corrected chi connectivity index (χ0v) is 14.7. The predicted octanol–water partition coefficient (Wildman–Crippen LogP) is 3.93. The number of aromatic nitrogens is 2. The molecule has 0 bridgehead atoms. The number of rotatable bonds is 3. The van der Waals surface area contributed by atoms with Crippen molar-refractivity contribution in [3.05, 3.63) is 46.7 Å². The van der Waals surface area contributed by atoms with Gasteiger partial charge in [-0.05, 0) is 56.0 Å². The van der Waals surface area contributed by atoms with Crippen LogP contribution in [0.1, 0.15) is 35.9 Å². The van der Waals surface area contributed by atoms with Crippen molar-refractivity contribution in [1.82, 2.24) is 9.97 Å². The second-order valence-electron chi connectivity index (χ2n) is 6.35. The maximum Gasteiger partial charge on any atom is 0.274 e. The van der Waals surface area contributed by atoms with E-state index in [-0.39, 0.29) is 5.91 Å². The summed E-state index contributed by atoms with van der Waals surface area (Å²) in [6, 6.07) is 8.72. The van der Waals surface area contributed by atoms with Gasteiger partial charge in [-0.1, -0.05) is 18.5 Å². The molecule has 1 aromatic heterocycles. The molecule has 1 saturated heterocycles. The summed E-state index contributed by atoms with van der Waals surface area (Å²) in [6.07, 6.45) is 2.36. The molecule has 2 heterocycles. The van der Waals surface area contributed by atoms with Crippen molar-refractivity contribution in [3.8, 4) is 0 Å². The summed E-state index contributed by atoms with van der Waals surface area (Å²) in [6.45, 7) is 5.99. The van der Waals surface area contributed by atoms with Crippen molar-refractivity contribution in [2.75, 3.05) is 23.3 Å². The lowest BCUT2D eigenvalue weighted by atomic mass is 10.0. The smallest absolute Gasteiger partial charge is 0.274 e. The number of hydrogen-bond acceptors (Lipinski definition) is 4. The molecule has 126 valence electrons. The molecule has 1 aromatic carbocycles. The van der Waals surface area contributed by atoms with Crippen LogP contribution in [0.4, 0.5) is 11.6 Å². The van der Waals surface area contributed by atoms with E-state index in [2.05, 4.69) is 27.1 Å². The first-order valence-corrected chi connectivity index (χ1v) is 8.56. The fourth-order valence-corrected chi connectivity index (χ4v) is 3.04. The van der Waals surface area contributed by atoms with Gasteiger partial charge in [0.05, 0.1) is 0 Å². The Morgan fingerprint density at radius 2 is 2.04 bits per heavy atom. The monoisotopic (exact) mass is 344 g/mol. The minimum atomic E-state index is -0.242. The molecule has 1 amide bonds. The van der Waals surface area contributed by atoms with E-state index in [0.29, 0.717) is 28.3 Å². The highest BCUT2D eigenvalue weighted by Gasteiger charge is 2.20. The highest BCUT2D eigenvalue weighted by molar-refractivity contribution is 6.30. The third-order valence-electron chi connectivity index (χ3n) is 4.12. The zero-order chi connectivity index (χ0) is 17.1. The first-order chi connectivity index (χ1) is 11.5. The summed E-state index contributed by atoms with van der Waals surface area (Å²) < 4.78 is 0. The quantitative estimate of drug-likeness (QED) is 0.916. The number of amides is 1. The van der Waals surface area contributed by atoms with Gasteiger partial charge in [-0.15, -0.1) is 0 Å². The van der Waals surface area contributed by atoms with E-state index in [4.69, 9.17) is 11.6 Å². The summed E-state index contributed by atoms with van der Waals surface area (Å²) in [4.78, 5) is 23.7. The van der Waals surface area contributed by atoms with Crippen molar-refractivity contribution >= 4 is 29.1 Å². The fraction of sp³-hybridized carbons (Fsp3) is 0.389. The highest BCUT2D eigenvalue weighted by Crippen LogP contribution is 2.21. The third kappa shape index (κ3) is 4.03. The second-order valence-corrected chi connectivity index (χ2v) is 6.79. The number of nitrogens with zero attached hydrogens (tertiary/aromatic N) is 3. The van der Waals surface area contributed by atoms with Crippen molar-refractivity contribution in [1.29, 1.82) is 0 Å². The summed E-state index contributed by atoms with van der Waals surface area (Å²) in [5.74, 6) is 1.02. The molecule has 1 aliphatic rings. The fourth-order valence-electron chi connectivity index (χ4n) is 2.91. The maximum absolute atomic E-state index is 12.5. The number of nitrogens with one attached hydrogen (secondary N) is 1. The van der Waals surface area contributed by atoms with E-state index in [9.17, 15) is 4.79 Å². The Hall–Kier alpha value is -2.14. The van der Waals surface area contributed by atoms with Crippen LogP contribution >= 0.6 is 11.6 Å². The third-order valence-corrected chi connectivity index (χ3v) is 4.37. The van der Waals surface area contributed by atoms with Crippen LogP contribution in [0.15, 0.2) is 30.3 Å². The predicted molar refractivity (Wildman–Crippen MR) is 96.8 cm³/mol. The SMILES string of the molecule is Cc1cc(C(=O)Nc2ccc(Cl)cc2)nc(N2CCCC(C)C2)n1. The minimum absolute atomic E-state index is 0.242. The van der Waals surface area contributed by atoms with Gasteiger partial charge >= 0.3 is 0 Å². The molecule has 1 fully saturated rings. The van der Waals surface area contributed by atoms with E-state index in [1.807, 2.05) is 6.92 Å². The number of anilines is 2. The van der Waals surface area contributed by atoms with Crippen LogP contribution in [0.25, 0.3) is 0 Å². The Balaban J connectivity index is 1.79. The highest BCUT2D eigenvalue weighted by atomic mass is 35.5. The molecule has 1 N–H and O–H groups in total. The van der Waals surface area contributed by atoms with Crippen molar-refractivity contribution < 1.29 is 4.79 Å². The van der Waals surface area contributed by atoms with Gasteiger partial charge in [-0.25, -0.2) is 9.97 Å². The summed E-state index contributed by atoms with van der Waals surface area (Å²) in [5.41, 5.74) is 1.86. The molecular weight excluding hydrogens is 324 g/mol. The van der Waals surface area contributed by atoms with Crippen molar-refractivity contribution in [3.63, 3.8) is 0 Å². The molecule has 0 aliphatic carbocycles. The van der Waals surface area contributed by atoms with Gasteiger partial charge in [0.1, 0.15) is 5.69 Å². The van der Waals surface area contributed by atoms with E-state index in [1.165, 1.54) is 6.42 Å². The Kier molecular flexibility index (Phi) is 5.00. The molecule has 0 saturated carbocycles. The molecule has 1 aliphatic heterocycles. The largest absolute Gasteiger partial charge is 0.341 e. The van der Waals surface area contributed by atoms with Crippen LogP contribution in [-0.4, -0.2) is 29.0 Å². The molecular formula is C18H21ClN4O. The lowest BCUT2D eigenvalue weighted by Gasteiger charge is -2.31. The van der Waals surface area contributed by atoms with E-state index in [1.54, 1.807) is 30.3 Å². The normalized spacial score (nSPS) is 17.6. The van der Waals surface area contributed by atoms with E-state index in [0.717, 1.165) is 25.2 Å². The molecule has 1 atom stereocenters. The van der Waals surface area contributed by atoms with Crippen LogP contribution in [-0.2, 0) is 0 Å². The first kappa shape index (κ1) is 16.7. The number of carbonyl (C=O) groups excluding carboxylic acids is 1. The van der Waals surface area contributed by atoms with Gasteiger partial charge in [0.2, 0.25) is 5.95 Å². The van der Waals surface area contributed by atoms with E-state index >= 15 is 0 Å². The van der Waals surface area contributed by atoms with E-state index < -0.39 is 0 Å². The summed E-state index contributed by atoms with van der Waals surface area (Å²) in [5, 5.41) is 3.48. The van der Waals surface area contributed by atoms with Gasteiger partial charge in [-0.3, -0.25) is 4.79 Å². The van der Waals surface area contributed by atoms with Gasteiger partial charge in [0, 0.05) is 29.5 Å². The molecule has 0 spiro atoms. The molecule has 3 rings (SSSR count). The number of aryl methyl sites for hydroxylation is 1. The summed E-state index contributed by atoms with van der Waals surface area (Å²) in [7, 11) is 0. The van der Waals surface area contributed by atoms with Gasteiger partial charge in [0.15, 0.2) is 0 Å². The van der Waals surface area contributed by atoms with Crippen LogP contribution in [0.2, 0.25) is 5.02 Å². The average molecular weight is 345 g/mol. The molecule has 5 nitrogen and oxygen atoms in total. The van der Waals surface area contributed by atoms with Gasteiger partial charge in [-0.2, -0.15) is 0 Å². The minimum Gasteiger partial charge on any atom is -0.341 e. The Labute approximate surface area is 147 Å². The summed E-state index contributed by atoms with van der Waals surface area (Å²) >= 11 is 5.87. The zero-order valence-electron chi connectivity index (χ0n) is 13.9. The van der Waals surface area contributed by atoms with Crippen LogP contribution in [0, 0.1) is 12.8 Å². The molecule has 0 radical (unpaired) electrons. The molecule has 6 heteroatoms. The molecule has 1 unspecified atom stereocenters. The van der Waals surface area contributed by atoms with Crippen LogP contribution in [0.5, 0.6) is 0 Å². The number of piperidine rings is 1. The standard InChI is InChI=1S/C18H21ClN4O/c1-12-4-3-9-23(11-12)18-20-13(2)10-16(22-18)17(24)21-15-7-5-14(19)6-8-15/h5-8,10,12H,3-4,9,11H2,1-2H3,(H,21,24). The van der Waals surface area contributed by atoms with Crippen LogP contribution in [0.3, 0.4) is 0 Å². The van der Waals surface area contributed by atoms with Crippen LogP contribution < -0.4 is 10.2 Å². The Morgan fingerprint density at radius 3 is 2.75 bits per heavy atom. The molecule has 2 aromatic rings. The topological polar surface area (TPSA) is 58.1 Å².